The van der Waals surface area contributed by atoms with E-state index in [2.05, 4.69) is 11.8 Å². The van der Waals surface area contributed by atoms with Gasteiger partial charge >= 0.3 is 11.9 Å². The molecule has 0 saturated carbocycles. The Bertz CT molecular complexity index is 1040. The van der Waals surface area contributed by atoms with Gasteiger partial charge in [-0.05, 0) is 29.3 Å². The SMILES string of the molecule is O=C(O)c1cccc(C#Cc2ccccc2-c2ccccc2)c1C(=O)O. The fourth-order valence-corrected chi connectivity index (χ4v) is 2.66. The number of aromatic carboxylic acids is 2. The number of hydrogen-bond acceptors (Lipinski definition) is 2. The van der Waals surface area contributed by atoms with Crippen LogP contribution in [0.1, 0.15) is 31.8 Å². The molecule has 4 nitrogen and oxygen atoms in total. The lowest BCUT2D eigenvalue weighted by Gasteiger charge is -2.05. The zero-order valence-corrected chi connectivity index (χ0v) is 13.6. The molecule has 0 aliphatic rings. The van der Waals surface area contributed by atoms with Crippen LogP contribution in [0.3, 0.4) is 0 Å². The molecule has 0 atom stereocenters. The topological polar surface area (TPSA) is 74.6 Å². The van der Waals surface area contributed by atoms with Gasteiger partial charge in [0.1, 0.15) is 0 Å². The van der Waals surface area contributed by atoms with Crippen molar-refractivity contribution in [1.29, 1.82) is 0 Å². The van der Waals surface area contributed by atoms with Crippen LogP contribution < -0.4 is 0 Å². The predicted octanol–water partition coefficient (Wildman–Crippen LogP) is 4.15. The molecule has 2 N–H and O–H groups in total. The second-order valence-electron chi connectivity index (χ2n) is 5.50. The van der Waals surface area contributed by atoms with Crippen molar-refractivity contribution < 1.29 is 19.8 Å². The van der Waals surface area contributed by atoms with Gasteiger partial charge in [0, 0.05) is 11.1 Å². The molecule has 0 saturated heterocycles. The lowest BCUT2D eigenvalue weighted by molar-refractivity contribution is 0.0651. The Morgan fingerprint density at radius 2 is 1.27 bits per heavy atom. The van der Waals surface area contributed by atoms with E-state index in [0.717, 1.165) is 16.7 Å². The number of carboxylic acid groups (broad SMARTS) is 2. The maximum Gasteiger partial charge on any atom is 0.337 e. The summed E-state index contributed by atoms with van der Waals surface area (Å²) in [6, 6.07) is 21.5. The number of carbonyl (C=O) groups is 2. The quantitative estimate of drug-likeness (QED) is 0.701. The molecule has 126 valence electrons. The molecule has 0 amide bonds. The molecule has 0 aromatic heterocycles. The lowest BCUT2D eigenvalue weighted by atomic mass is 9.98. The number of rotatable bonds is 3. The largest absolute Gasteiger partial charge is 0.478 e. The summed E-state index contributed by atoms with van der Waals surface area (Å²) in [6.45, 7) is 0. The van der Waals surface area contributed by atoms with Crippen LogP contribution in [-0.4, -0.2) is 22.2 Å². The monoisotopic (exact) mass is 342 g/mol. The highest BCUT2D eigenvalue weighted by Gasteiger charge is 2.18. The van der Waals surface area contributed by atoms with Gasteiger partial charge in [-0.3, -0.25) is 0 Å². The van der Waals surface area contributed by atoms with Crippen LogP contribution in [0.15, 0.2) is 72.8 Å². The second-order valence-corrected chi connectivity index (χ2v) is 5.50. The van der Waals surface area contributed by atoms with Gasteiger partial charge in [0.05, 0.1) is 11.1 Å². The van der Waals surface area contributed by atoms with E-state index in [9.17, 15) is 19.8 Å². The van der Waals surface area contributed by atoms with Crippen LogP contribution in [0.5, 0.6) is 0 Å². The molecule has 3 aromatic rings. The maximum absolute atomic E-state index is 11.5. The average Bonchev–Trinajstić information content (AvgIpc) is 2.66. The first-order chi connectivity index (χ1) is 12.6. The van der Waals surface area contributed by atoms with Crippen LogP contribution >= 0.6 is 0 Å². The fourth-order valence-electron chi connectivity index (χ4n) is 2.66. The van der Waals surface area contributed by atoms with E-state index in [1.807, 2.05) is 54.6 Å². The van der Waals surface area contributed by atoms with E-state index < -0.39 is 11.9 Å². The van der Waals surface area contributed by atoms with Crippen molar-refractivity contribution in [2.24, 2.45) is 0 Å². The smallest absolute Gasteiger partial charge is 0.337 e. The average molecular weight is 342 g/mol. The van der Waals surface area contributed by atoms with Gasteiger partial charge in [0.15, 0.2) is 0 Å². The minimum Gasteiger partial charge on any atom is -0.478 e. The number of carboxylic acids is 2. The maximum atomic E-state index is 11.5. The Kier molecular flexibility index (Phi) is 4.82. The summed E-state index contributed by atoms with van der Waals surface area (Å²) in [6.07, 6.45) is 0. The van der Waals surface area contributed by atoms with Gasteiger partial charge in [0.2, 0.25) is 0 Å². The Morgan fingerprint density at radius 1 is 0.654 bits per heavy atom. The Hall–Kier alpha value is -3.84. The van der Waals surface area contributed by atoms with E-state index in [-0.39, 0.29) is 16.7 Å². The molecule has 3 aromatic carbocycles. The highest BCUT2D eigenvalue weighted by Crippen LogP contribution is 2.23. The lowest BCUT2D eigenvalue weighted by Crippen LogP contribution is -2.10. The molecule has 3 rings (SSSR count). The molecule has 0 bridgehead atoms. The van der Waals surface area contributed by atoms with E-state index in [0.29, 0.717) is 0 Å². The molecule has 0 radical (unpaired) electrons. The van der Waals surface area contributed by atoms with Gasteiger partial charge in [-0.1, -0.05) is 66.4 Å². The number of benzene rings is 3. The van der Waals surface area contributed by atoms with Crippen molar-refractivity contribution in [1.82, 2.24) is 0 Å². The summed E-state index contributed by atoms with van der Waals surface area (Å²) < 4.78 is 0. The van der Waals surface area contributed by atoms with Gasteiger partial charge < -0.3 is 10.2 Å². The van der Waals surface area contributed by atoms with E-state index in [4.69, 9.17) is 0 Å². The minimum atomic E-state index is -1.32. The Morgan fingerprint density at radius 3 is 1.96 bits per heavy atom. The molecule has 0 spiro atoms. The first kappa shape index (κ1) is 17.0. The van der Waals surface area contributed by atoms with Crippen molar-refractivity contribution in [2.45, 2.75) is 0 Å². The van der Waals surface area contributed by atoms with Crippen molar-refractivity contribution >= 4 is 11.9 Å². The first-order valence-corrected chi connectivity index (χ1v) is 7.84. The van der Waals surface area contributed by atoms with Crippen LogP contribution in [0.25, 0.3) is 11.1 Å². The van der Waals surface area contributed by atoms with Crippen molar-refractivity contribution in [3.63, 3.8) is 0 Å². The van der Waals surface area contributed by atoms with Gasteiger partial charge in [-0.2, -0.15) is 0 Å². The van der Waals surface area contributed by atoms with E-state index >= 15 is 0 Å². The predicted molar refractivity (Wildman–Crippen MR) is 98.2 cm³/mol. The molecule has 0 aliphatic carbocycles. The minimum absolute atomic E-state index is 0.167. The molecule has 0 unspecified atom stereocenters. The standard InChI is InChI=1S/C22H14O4/c23-21(24)19-12-6-10-17(20(19)22(25)26)14-13-16-9-4-5-11-18(16)15-7-2-1-3-8-15/h1-12H,(H,23,24)(H,25,26). The second kappa shape index (κ2) is 7.37. The van der Waals surface area contributed by atoms with Gasteiger partial charge in [-0.15, -0.1) is 0 Å². The van der Waals surface area contributed by atoms with Crippen LogP contribution in [0, 0.1) is 11.8 Å². The fraction of sp³-hybridized carbons (Fsp3) is 0. The first-order valence-electron chi connectivity index (χ1n) is 7.84. The third-order valence-corrected chi connectivity index (χ3v) is 3.85. The van der Waals surface area contributed by atoms with Crippen LogP contribution in [0.2, 0.25) is 0 Å². The molecular weight excluding hydrogens is 328 g/mol. The summed E-state index contributed by atoms with van der Waals surface area (Å²) in [7, 11) is 0. The number of hydrogen-bond donors (Lipinski definition) is 2. The van der Waals surface area contributed by atoms with Gasteiger partial charge in [-0.25, -0.2) is 9.59 Å². The summed E-state index contributed by atoms with van der Waals surface area (Å²) >= 11 is 0. The Labute approximate surface area is 150 Å². The summed E-state index contributed by atoms with van der Waals surface area (Å²) in [5.74, 6) is 3.19. The highest BCUT2D eigenvalue weighted by molar-refractivity contribution is 6.03. The van der Waals surface area contributed by atoms with Crippen molar-refractivity contribution in [3.05, 3.63) is 95.1 Å². The van der Waals surface area contributed by atoms with Crippen LogP contribution in [-0.2, 0) is 0 Å². The third kappa shape index (κ3) is 3.47. The summed E-state index contributed by atoms with van der Waals surface area (Å²) in [5, 5.41) is 18.6. The van der Waals surface area contributed by atoms with Crippen LogP contribution in [0.4, 0.5) is 0 Å². The molecule has 26 heavy (non-hydrogen) atoms. The third-order valence-electron chi connectivity index (χ3n) is 3.85. The molecule has 4 heteroatoms. The van der Waals surface area contributed by atoms with Gasteiger partial charge in [0.25, 0.3) is 0 Å². The zero-order valence-electron chi connectivity index (χ0n) is 13.6. The Balaban J connectivity index is 2.12. The zero-order chi connectivity index (χ0) is 18.5. The van der Waals surface area contributed by atoms with E-state index in [1.54, 1.807) is 0 Å². The van der Waals surface area contributed by atoms with E-state index in [1.165, 1.54) is 18.2 Å². The molecular formula is C22H14O4. The molecule has 0 heterocycles. The molecule has 0 fully saturated rings. The molecule has 0 aliphatic heterocycles. The highest BCUT2D eigenvalue weighted by atomic mass is 16.4. The summed E-state index contributed by atoms with van der Waals surface area (Å²) in [4.78, 5) is 22.8. The van der Waals surface area contributed by atoms with Crippen molar-refractivity contribution in [2.75, 3.05) is 0 Å². The summed E-state index contributed by atoms with van der Waals surface area (Å²) in [5.41, 5.74) is 2.24. The normalized spacial score (nSPS) is 9.85. The van der Waals surface area contributed by atoms with Crippen molar-refractivity contribution in [3.8, 4) is 23.0 Å².